The number of hydrogen-bond donors (Lipinski definition) is 1. The van der Waals surface area contributed by atoms with Gasteiger partial charge in [-0.2, -0.15) is 0 Å². The molecule has 2 aromatic carbocycles. The third kappa shape index (κ3) is 4.26. The summed E-state index contributed by atoms with van der Waals surface area (Å²) < 4.78 is 0. The molecule has 1 atom stereocenters. The average molecular weight is 454 g/mol. The van der Waals surface area contributed by atoms with Crippen LogP contribution in [0, 0.1) is 6.92 Å². The van der Waals surface area contributed by atoms with Crippen molar-refractivity contribution < 1.29 is 4.79 Å². The monoisotopic (exact) mass is 453 g/mol. The highest BCUT2D eigenvalue weighted by Gasteiger charge is 2.35. The number of benzene rings is 2. The molecule has 2 aliphatic rings. The summed E-state index contributed by atoms with van der Waals surface area (Å²) in [5.74, 6) is 0.352. The van der Waals surface area contributed by atoms with Crippen LogP contribution in [0.5, 0.6) is 0 Å². The molecule has 0 unspecified atom stereocenters. The van der Waals surface area contributed by atoms with Crippen LogP contribution < -0.4 is 10.2 Å². The molecule has 0 aromatic heterocycles. The molecule has 0 spiro atoms. The van der Waals surface area contributed by atoms with Crippen molar-refractivity contribution in [3.05, 3.63) is 63.0 Å². The molecular formula is C25H28ClN3OS. The molecule has 1 N–H and O–H groups in total. The lowest BCUT2D eigenvalue weighted by atomic mass is 9.79. The number of hydrogen-bond acceptors (Lipinski definition) is 4. The molecule has 0 saturated carbocycles. The Balaban J connectivity index is 1.62. The van der Waals surface area contributed by atoms with Crippen LogP contribution in [0.2, 0.25) is 5.02 Å². The Morgan fingerprint density at radius 1 is 1.32 bits per heavy atom. The molecule has 0 radical (unpaired) electrons. The van der Waals surface area contributed by atoms with Crippen molar-refractivity contribution in [2.45, 2.75) is 52.5 Å². The normalized spacial score (nSPS) is 22.7. The molecule has 0 aliphatic carbocycles. The number of rotatable bonds is 3. The molecule has 162 valence electrons. The summed E-state index contributed by atoms with van der Waals surface area (Å²) in [5.41, 5.74) is 5.50. The van der Waals surface area contributed by atoms with Gasteiger partial charge in [0.05, 0.1) is 10.6 Å². The Kier molecular flexibility index (Phi) is 5.93. The number of fused-ring (bicyclic) bond motifs is 1. The van der Waals surface area contributed by atoms with Crippen molar-refractivity contribution in [1.29, 1.82) is 0 Å². The molecule has 1 fully saturated rings. The van der Waals surface area contributed by atoms with Gasteiger partial charge in [0.1, 0.15) is 0 Å². The van der Waals surface area contributed by atoms with Gasteiger partial charge in [0.2, 0.25) is 0 Å². The SMILES string of the molecule is CCN1c2ccc(/C=C3\SC(=Nc4cccc(Cl)c4C)NC3=O)cc2[C@H](C)CC1(C)C. The first-order valence-electron chi connectivity index (χ1n) is 10.7. The van der Waals surface area contributed by atoms with Crippen LogP contribution in [0.3, 0.4) is 0 Å². The zero-order chi connectivity index (χ0) is 22.3. The third-order valence-electron chi connectivity index (χ3n) is 6.14. The lowest BCUT2D eigenvalue weighted by molar-refractivity contribution is -0.115. The first-order valence-corrected chi connectivity index (χ1v) is 11.9. The zero-order valence-electron chi connectivity index (χ0n) is 18.6. The first-order chi connectivity index (χ1) is 14.7. The number of amides is 1. The van der Waals surface area contributed by atoms with Crippen LogP contribution in [0.15, 0.2) is 46.3 Å². The van der Waals surface area contributed by atoms with Crippen LogP contribution in [0.4, 0.5) is 11.4 Å². The molecule has 4 rings (SSSR count). The fourth-order valence-corrected chi connectivity index (χ4v) is 5.66. The highest BCUT2D eigenvalue weighted by Crippen LogP contribution is 2.43. The number of carbonyl (C=O) groups excluding carboxylic acids is 1. The second kappa shape index (κ2) is 8.36. The predicted octanol–water partition coefficient (Wildman–Crippen LogP) is 6.65. The number of thioether (sulfide) groups is 1. The number of aliphatic imine (C=N–C) groups is 1. The van der Waals surface area contributed by atoms with Crippen molar-refractivity contribution in [2.24, 2.45) is 4.99 Å². The number of nitrogens with zero attached hydrogens (tertiary/aromatic N) is 2. The van der Waals surface area contributed by atoms with E-state index in [2.05, 4.69) is 61.1 Å². The second-order valence-electron chi connectivity index (χ2n) is 8.85. The largest absolute Gasteiger partial charge is 0.366 e. The fourth-order valence-electron chi connectivity index (χ4n) is 4.66. The van der Waals surface area contributed by atoms with E-state index in [1.54, 1.807) is 0 Å². The predicted molar refractivity (Wildman–Crippen MR) is 134 cm³/mol. The van der Waals surface area contributed by atoms with Gasteiger partial charge in [0.15, 0.2) is 5.17 Å². The van der Waals surface area contributed by atoms with E-state index in [9.17, 15) is 4.79 Å². The van der Waals surface area contributed by atoms with E-state index in [1.807, 2.05) is 31.2 Å². The van der Waals surface area contributed by atoms with Crippen molar-refractivity contribution in [2.75, 3.05) is 11.4 Å². The van der Waals surface area contributed by atoms with Crippen LogP contribution >= 0.6 is 23.4 Å². The van der Waals surface area contributed by atoms with Gasteiger partial charge in [-0.15, -0.1) is 0 Å². The number of halogens is 1. The van der Waals surface area contributed by atoms with Crippen LogP contribution in [0.1, 0.15) is 56.7 Å². The maximum atomic E-state index is 12.6. The molecule has 1 saturated heterocycles. The summed E-state index contributed by atoms with van der Waals surface area (Å²) in [6.45, 7) is 12.0. The molecule has 0 bridgehead atoms. The molecule has 2 aliphatic heterocycles. The summed E-state index contributed by atoms with van der Waals surface area (Å²) >= 11 is 7.56. The average Bonchev–Trinajstić information content (AvgIpc) is 3.04. The Hall–Kier alpha value is -2.24. The van der Waals surface area contributed by atoms with Gasteiger partial charge in [0, 0.05) is 22.8 Å². The van der Waals surface area contributed by atoms with Crippen LogP contribution in [0.25, 0.3) is 6.08 Å². The maximum Gasteiger partial charge on any atom is 0.264 e. The third-order valence-corrected chi connectivity index (χ3v) is 7.46. The van der Waals surface area contributed by atoms with Crippen LogP contribution in [-0.4, -0.2) is 23.2 Å². The Morgan fingerprint density at radius 3 is 2.84 bits per heavy atom. The van der Waals surface area contributed by atoms with Gasteiger partial charge in [0.25, 0.3) is 5.91 Å². The summed E-state index contributed by atoms with van der Waals surface area (Å²) in [4.78, 5) is 20.3. The minimum Gasteiger partial charge on any atom is -0.366 e. The quantitative estimate of drug-likeness (QED) is 0.529. The van der Waals surface area contributed by atoms with Crippen molar-refractivity contribution in [3.8, 4) is 0 Å². The van der Waals surface area contributed by atoms with Crippen molar-refractivity contribution in [1.82, 2.24) is 5.32 Å². The smallest absolute Gasteiger partial charge is 0.264 e. The van der Waals surface area contributed by atoms with E-state index in [0.29, 0.717) is 21.0 Å². The summed E-state index contributed by atoms with van der Waals surface area (Å²) in [5, 5.41) is 4.11. The topological polar surface area (TPSA) is 44.7 Å². The van der Waals surface area contributed by atoms with Crippen LogP contribution in [-0.2, 0) is 4.79 Å². The molecule has 31 heavy (non-hydrogen) atoms. The van der Waals surface area contributed by atoms with Gasteiger partial charge in [-0.3, -0.25) is 4.79 Å². The highest BCUT2D eigenvalue weighted by molar-refractivity contribution is 8.18. The minimum absolute atomic E-state index is 0.120. The molecule has 4 nitrogen and oxygen atoms in total. The Bertz CT molecular complexity index is 1110. The second-order valence-corrected chi connectivity index (χ2v) is 10.3. The Morgan fingerprint density at radius 2 is 2.10 bits per heavy atom. The molecule has 6 heteroatoms. The van der Waals surface area contributed by atoms with Crippen molar-refractivity contribution in [3.63, 3.8) is 0 Å². The van der Waals surface area contributed by atoms with E-state index >= 15 is 0 Å². The molecular weight excluding hydrogens is 426 g/mol. The number of carbonyl (C=O) groups is 1. The highest BCUT2D eigenvalue weighted by atomic mass is 35.5. The number of anilines is 1. The van der Waals surface area contributed by atoms with Gasteiger partial charge >= 0.3 is 0 Å². The molecule has 2 aromatic rings. The van der Waals surface area contributed by atoms with E-state index in [-0.39, 0.29) is 11.4 Å². The van der Waals surface area contributed by atoms with E-state index < -0.39 is 0 Å². The van der Waals surface area contributed by atoms with Gasteiger partial charge in [-0.25, -0.2) is 4.99 Å². The van der Waals surface area contributed by atoms with Gasteiger partial charge < -0.3 is 10.2 Å². The summed E-state index contributed by atoms with van der Waals surface area (Å²) in [6, 6.07) is 12.1. The molecule has 2 heterocycles. The first kappa shape index (κ1) is 22.0. The van der Waals surface area contributed by atoms with Gasteiger partial charge in [-0.1, -0.05) is 30.7 Å². The summed E-state index contributed by atoms with van der Waals surface area (Å²) in [7, 11) is 0. The van der Waals surface area contributed by atoms with E-state index in [4.69, 9.17) is 11.6 Å². The molecule has 1 amide bonds. The van der Waals surface area contributed by atoms with E-state index in [1.165, 1.54) is 23.0 Å². The number of nitrogens with one attached hydrogen (secondary N) is 1. The van der Waals surface area contributed by atoms with Crippen molar-refractivity contribution >= 4 is 51.9 Å². The lowest BCUT2D eigenvalue weighted by Gasteiger charge is -2.47. The Labute approximate surface area is 193 Å². The van der Waals surface area contributed by atoms with Gasteiger partial charge in [-0.05, 0) is 98.8 Å². The maximum absolute atomic E-state index is 12.6. The standard InChI is InChI=1S/C25H28ClN3OS/c1-6-29-21-11-10-17(12-18(21)15(2)14-25(29,4)5)13-22-23(30)28-24(31-22)27-20-9-7-8-19(26)16(20)3/h7-13,15H,6,14H2,1-5H3,(H,27,28,30)/b22-13-/t15-/m1/s1. The summed E-state index contributed by atoms with van der Waals surface area (Å²) in [6.07, 6.45) is 3.06. The zero-order valence-corrected chi connectivity index (χ0v) is 20.2. The fraction of sp³-hybridized carbons (Fsp3) is 0.360. The number of amidine groups is 1. The minimum atomic E-state index is -0.120. The lowest BCUT2D eigenvalue weighted by Crippen LogP contribution is -2.48. The van der Waals surface area contributed by atoms with E-state index in [0.717, 1.165) is 29.8 Å².